The number of phenols is 1. The number of aliphatic hydroxyl groups is 1. The Balaban J connectivity index is 1.46. The maximum Gasteiger partial charge on any atom is 0.227 e. The van der Waals surface area contributed by atoms with Gasteiger partial charge in [-0.2, -0.15) is 0 Å². The smallest absolute Gasteiger partial charge is 0.227 e. The Hall–Kier alpha value is -4.09. The fourth-order valence-corrected chi connectivity index (χ4v) is 7.29. The van der Waals surface area contributed by atoms with Crippen molar-refractivity contribution in [2.75, 3.05) is 20.2 Å². The summed E-state index contributed by atoms with van der Waals surface area (Å²) in [6.45, 7) is 0.958. The molecule has 6 rings (SSSR count). The summed E-state index contributed by atoms with van der Waals surface area (Å²) in [6, 6.07) is 35.9. The molecule has 0 radical (unpaired) electrons. The number of para-hydroxylation sites is 1. The van der Waals surface area contributed by atoms with Gasteiger partial charge in [0, 0.05) is 30.0 Å². The van der Waals surface area contributed by atoms with Crippen molar-refractivity contribution in [3.63, 3.8) is 0 Å². The predicted octanol–water partition coefficient (Wildman–Crippen LogP) is 5.69. The zero-order valence-electron chi connectivity index (χ0n) is 22.7. The molecule has 4 aromatic carbocycles. The van der Waals surface area contributed by atoms with Crippen LogP contribution in [0.5, 0.6) is 11.5 Å². The minimum Gasteiger partial charge on any atom is -0.508 e. The van der Waals surface area contributed by atoms with Crippen molar-refractivity contribution in [3.8, 4) is 11.5 Å². The topological polar surface area (TPSA) is 70.0 Å². The van der Waals surface area contributed by atoms with Gasteiger partial charge >= 0.3 is 0 Å². The van der Waals surface area contributed by atoms with Crippen LogP contribution in [-0.4, -0.2) is 41.2 Å². The first-order valence-corrected chi connectivity index (χ1v) is 14.0. The van der Waals surface area contributed by atoms with Crippen molar-refractivity contribution < 1.29 is 19.7 Å². The third kappa shape index (κ3) is 4.35. The van der Waals surface area contributed by atoms with Gasteiger partial charge in [0.25, 0.3) is 0 Å². The molecule has 1 heterocycles. The van der Waals surface area contributed by atoms with Crippen molar-refractivity contribution in [2.24, 2.45) is 11.8 Å². The van der Waals surface area contributed by atoms with Gasteiger partial charge in [-0.3, -0.25) is 4.79 Å². The van der Waals surface area contributed by atoms with Crippen LogP contribution in [0.25, 0.3) is 0 Å². The summed E-state index contributed by atoms with van der Waals surface area (Å²) in [5.41, 5.74) is 2.35. The molecule has 0 aromatic heterocycles. The van der Waals surface area contributed by atoms with Gasteiger partial charge in [0.1, 0.15) is 11.5 Å². The third-order valence-electron chi connectivity index (χ3n) is 9.30. The van der Waals surface area contributed by atoms with Gasteiger partial charge < -0.3 is 19.8 Å². The Kier molecular flexibility index (Phi) is 6.85. The van der Waals surface area contributed by atoms with Crippen LogP contribution in [0.3, 0.4) is 0 Å². The zero-order chi connectivity index (χ0) is 27.7. The molecule has 2 fully saturated rings. The van der Waals surface area contributed by atoms with Gasteiger partial charge in [0.2, 0.25) is 5.91 Å². The zero-order valence-corrected chi connectivity index (χ0v) is 22.7. The molecule has 204 valence electrons. The lowest BCUT2D eigenvalue weighted by molar-refractivity contribution is -0.130. The van der Waals surface area contributed by atoms with Crippen LogP contribution in [0.15, 0.2) is 109 Å². The highest BCUT2D eigenvalue weighted by Gasteiger charge is 2.60. The van der Waals surface area contributed by atoms with E-state index in [9.17, 15) is 15.0 Å². The van der Waals surface area contributed by atoms with E-state index in [0.717, 1.165) is 12.0 Å². The third-order valence-corrected chi connectivity index (χ3v) is 9.30. The summed E-state index contributed by atoms with van der Waals surface area (Å²) in [5, 5.41) is 22.9. The number of hydrogen-bond acceptors (Lipinski definition) is 4. The van der Waals surface area contributed by atoms with Crippen LogP contribution in [0.2, 0.25) is 0 Å². The molecule has 0 spiro atoms. The van der Waals surface area contributed by atoms with E-state index in [0.29, 0.717) is 30.8 Å². The number of nitrogens with zero attached hydrogens (tertiary/aromatic N) is 1. The molecule has 4 aromatic rings. The number of phenolic OH excluding ortho intramolecular Hbond substituents is 1. The van der Waals surface area contributed by atoms with Gasteiger partial charge in [-0.15, -0.1) is 0 Å². The second-order valence-electron chi connectivity index (χ2n) is 11.2. The van der Waals surface area contributed by atoms with E-state index in [1.54, 1.807) is 25.3 Å². The monoisotopic (exact) mass is 533 g/mol. The highest BCUT2D eigenvalue weighted by molar-refractivity contribution is 5.80. The van der Waals surface area contributed by atoms with Crippen molar-refractivity contribution in [3.05, 3.63) is 131 Å². The number of carbonyl (C=O) groups excluding carboxylic acids is 1. The second kappa shape index (κ2) is 10.5. The number of carbonyl (C=O) groups is 1. The van der Waals surface area contributed by atoms with E-state index in [4.69, 9.17) is 4.74 Å². The Morgan fingerprint density at radius 3 is 2.05 bits per heavy atom. The van der Waals surface area contributed by atoms with Crippen LogP contribution in [-0.2, 0) is 22.2 Å². The van der Waals surface area contributed by atoms with Gasteiger partial charge in [0.05, 0.1) is 19.1 Å². The molecular weight excluding hydrogens is 498 g/mol. The van der Waals surface area contributed by atoms with E-state index in [-0.39, 0.29) is 35.3 Å². The lowest BCUT2D eigenvalue weighted by atomic mass is 9.52. The fourth-order valence-electron chi connectivity index (χ4n) is 7.29. The molecule has 3 atom stereocenters. The number of rotatable bonds is 6. The van der Waals surface area contributed by atoms with E-state index in [2.05, 4.69) is 48.5 Å². The summed E-state index contributed by atoms with van der Waals surface area (Å²) in [7, 11) is 1.64. The Bertz CT molecular complexity index is 1450. The fraction of sp³-hybridized carbons (Fsp3) is 0.286. The lowest BCUT2D eigenvalue weighted by Gasteiger charge is -2.52. The first-order chi connectivity index (χ1) is 19.5. The van der Waals surface area contributed by atoms with Crippen LogP contribution < -0.4 is 4.74 Å². The van der Waals surface area contributed by atoms with Crippen molar-refractivity contribution in [1.82, 2.24) is 4.90 Å². The molecule has 5 heteroatoms. The number of amides is 1. The van der Waals surface area contributed by atoms with Gasteiger partial charge in [-0.1, -0.05) is 91.0 Å². The van der Waals surface area contributed by atoms with Gasteiger partial charge in [0.15, 0.2) is 0 Å². The summed E-state index contributed by atoms with van der Waals surface area (Å²) in [4.78, 5) is 15.7. The van der Waals surface area contributed by atoms with Crippen LogP contribution in [0.4, 0.5) is 0 Å². The van der Waals surface area contributed by atoms with Crippen LogP contribution in [0, 0.1) is 11.8 Å². The number of hydrogen-bond donors (Lipinski definition) is 2. The molecule has 1 saturated carbocycles. The van der Waals surface area contributed by atoms with Gasteiger partial charge in [-0.25, -0.2) is 0 Å². The van der Waals surface area contributed by atoms with Crippen LogP contribution >= 0.6 is 0 Å². The number of fused-ring (bicyclic) bond motifs is 1. The molecule has 2 aliphatic rings. The number of ether oxygens (including phenoxy) is 1. The lowest BCUT2D eigenvalue weighted by Crippen LogP contribution is -2.53. The molecule has 40 heavy (non-hydrogen) atoms. The minimum atomic E-state index is -1.13. The van der Waals surface area contributed by atoms with Crippen molar-refractivity contribution >= 4 is 5.91 Å². The van der Waals surface area contributed by atoms with E-state index in [1.165, 1.54) is 11.1 Å². The van der Waals surface area contributed by atoms with Crippen LogP contribution in [0.1, 0.15) is 35.1 Å². The average Bonchev–Trinajstić information content (AvgIpc) is 3.47. The highest BCUT2D eigenvalue weighted by atomic mass is 16.5. The van der Waals surface area contributed by atoms with Gasteiger partial charge in [-0.05, 0) is 53.6 Å². The standard InChI is InChI=1S/C35H35NO4/c1-40-29-17-10-16-28(22-29)35(39)20-19-34(26-12-4-2-5-13-26,27-14-6-3-7-15-27)30-23-36(24-31(30)35)33(38)21-25-11-8-9-18-32(25)37/h2-18,22,30-31,37,39H,19-21,23-24H2,1H3. The number of benzene rings is 4. The Labute approximate surface area is 235 Å². The molecule has 1 amide bonds. The number of aromatic hydroxyl groups is 1. The van der Waals surface area contributed by atoms with Crippen molar-refractivity contribution in [2.45, 2.75) is 30.3 Å². The summed E-state index contributed by atoms with van der Waals surface area (Å²) in [6.07, 6.45) is 1.40. The maximum atomic E-state index is 13.8. The SMILES string of the molecule is COc1cccc(C2(O)CCC(c3ccccc3)(c3ccccc3)C3CN(C(=O)Cc4ccccc4O)CC32)c1. The molecule has 5 nitrogen and oxygen atoms in total. The molecule has 3 unspecified atom stereocenters. The van der Waals surface area contributed by atoms with Crippen molar-refractivity contribution in [1.29, 1.82) is 0 Å². The molecule has 1 aliphatic heterocycles. The quantitative estimate of drug-likeness (QED) is 0.334. The largest absolute Gasteiger partial charge is 0.508 e. The summed E-state index contributed by atoms with van der Waals surface area (Å²) >= 11 is 0. The van der Waals surface area contributed by atoms with E-state index < -0.39 is 5.60 Å². The predicted molar refractivity (Wildman–Crippen MR) is 155 cm³/mol. The first kappa shape index (κ1) is 26.1. The highest BCUT2D eigenvalue weighted by Crippen LogP contribution is 2.59. The first-order valence-electron chi connectivity index (χ1n) is 14.0. The molecule has 2 N–H and O–H groups in total. The Morgan fingerprint density at radius 2 is 1.40 bits per heavy atom. The van der Waals surface area contributed by atoms with E-state index >= 15 is 0 Å². The maximum absolute atomic E-state index is 13.8. The number of likely N-dealkylation sites (tertiary alicyclic amines) is 1. The molecule has 0 bridgehead atoms. The van der Waals surface area contributed by atoms with E-state index in [1.807, 2.05) is 47.4 Å². The number of methoxy groups -OCH3 is 1. The average molecular weight is 534 g/mol. The minimum absolute atomic E-state index is 0.0319. The Morgan fingerprint density at radius 1 is 0.800 bits per heavy atom. The molecule has 1 aliphatic carbocycles. The second-order valence-corrected chi connectivity index (χ2v) is 11.2. The summed E-state index contributed by atoms with van der Waals surface area (Å²) < 4.78 is 5.52. The molecular formula is C35H35NO4. The normalized spacial score (nSPS) is 23.4. The molecule has 1 saturated heterocycles. The summed E-state index contributed by atoms with van der Waals surface area (Å²) in [5.74, 6) is 0.552.